The van der Waals surface area contributed by atoms with Crippen molar-refractivity contribution in [1.29, 1.82) is 0 Å². The normalized spacial score (nSPS) is 27.1. The molecule has 1 atom stereocenters. The summed E-state index contributed by atoms with van der Waals surface area (Å²) in [7, 11) is 0. The second-order valence-corrected chi connectivity index (χ2v) is 4.66. The van der Waals surface area contributed by atoms with Gasteiger partial charge in [-0.2, -0.15) is 0 Å². The highest BCUT2D eigenvalue weighted by Gasteiger charge is 2.27. The molecule has 0 bridgehead atoms. The lowest BCUT2D eigenvalue weighted by Gasteiger charge is -2.40. The van der Waals surface area contributed by atoms with Crippen LogP contribution in [0.2, 0.25) is 0 Å². The highest BCUT2D eigenvalue weighted by molar-refractivity contribution is 5.54. The number of carbonyl (C=O) groups is 1. The number of piperidine rings is 1. The minimum atomic E-state index is 0.224. The van der Waals surface area contributed by atoms with Crippen LogP contribution in [-0.4, -0.2) is 29.8 Å². The van der Waals surface area contributed by atoms with E-state index in [1.165, 1.54) is 6.42 Å². The van der Waals surface area contributed by atoms with Gasteiger partial charge in [-0.15, -0.1) is 0 Å². The Labute approximate surface area is 74.9 Å². The quantitative estimate of drug-likeness (QED) is 0.557. The van der Waals surface area contributed by atoms with E-state index in [0.29, 0.717) is 0 Å². The fourth-order valence-electron chi connectivity index (χ4n) is 1.73. The third-order valence-electron chi connectivity index (χ3n) is 2.60. The van der Waals surface area contributed by atoms with Crippen LogP contribution >= 0.6 is 0 Å². The van der Waals surface area contributed by atoms with Crippen LogP contribution in [0.25, 0.3) is 0 Å². The van der Waals surface area contributed by atoms with Gasteiger partial charge in [0.15, 0.2) is 0 Å². The first-order valence-electron chi connectivity index (χ1n) is 4.74. The number of rotatable bonds is 1. The summed E-state index contributed by atoms with van der Waals surface area (Å²) in [5, 5.41) is 0. The van der Waals surface area contributed by atoms with E-state index in [0.717, 1.165) is 25.8 Å². The smallest absolute Gasteiger partial charge is 0.124 e. The molecule has 1 rings (SSSR count). The Hall–Kier alpha value is -0.370. The second kappa shape index (κ2) is 3.56. The van der Waals surface area contributed by atoms with E-state index < -0.39 is 0 Å². The molecule has 0 amide bonds. The molecule has 0 spiro atoms. The fraction of sp³-hybridized carbons (Fsp3) is 0.900. The third kappa shape index (κ3) is 2.31. The molecule has 1 heterocycles. The molecule has 0 aromatic heterocycles. The molecule has 1 unspecified atom stereocenters. The van der Waals surface area contributed by atoms with Crippen molar-refractivity contribution in [3.8, 4) is 0 Å². The minimum absolute atomic E-state index is 0.224. The first-order valence-corrected chi connectivity index (χ1v) is 4.74. The van der Waals surface area contributed by atoms with E-state index in [1.807, 2.05) is 0 Å². The number of nitrogens with zero attached hydrogens (tertiary/aromatic N) is 1. The number of carbonyl (C=O) groups excluding carboxylic acids is 1. The minimum Gasteiger partial charge on any atom is -0.303 e. The number of aldehydes is 1. The van der Waals surface area contributed by atoms with Gasteiger partial charge < -0.3 is 4.79 Å². The van der Waals surface area contributed by atoms with Gasteiger partial charge in [-0.25, -0.2) is 0 Å². The van der Waals surface area contributed by atoms with Gasteiger partial charge >= 0.3 is 0 Å². The average Bonchev–Trinajstić information content (AvgIpc) is 2.03. The Morgan fingerprint density at radius 2 is 2.08 bits per heavy atom. The Morgan fingerprint density at radius 3 is 2.58 bits per heavy atom. The van der Waals surface area contributed by atoms with Crippen LogP contribution in [0, 0.1) is 5.92 Å². The van der Waals surface area contributed by atoms with Gasteiger partial charge in [-0.1, -0.05) is 0 Å². The van der Waals surface area contributed by atoms with Crippen molar-refractivity contribution in [2.24, 2.45) is 5.92 Å². The van der Waals surface area contributed by atoms with E-state index in [-0.39, 0.29) is 11.5 Å². The van der Waals surface area contributed by atoms with Crippen LogP contribution in [0.15, 0.2) is 0 Å². The summed E-state index contributed by atoms with van der Waals surface area (Å²) in [6, 6.07) is 0. The van der Waals surface area contributed by atoms with Gasteiger partial charge in [0, 0.05) is 18.0 Å². The molecule has 1 aliphatic heterocycles. The predicted molar refractivity (Wildman–Crippen MR) is 50.1 cm³/mol. The van der Waals surface area contributed by atoms with Crippen LogP contribution < -0.4 is 0 Å². The number of likely N-dealkylation sites (tertiary alicyclic amines) is 1. The van der Waals surface area contributed by atoms with E-state index in [4.69, 9.17) is 0 Å². The van der Waals surface area contributed by atoms with E-state index >= 15 is 0 Å². The molecule has 0 aromatic rings. The zero-order valence-corrected chi connectivity index (χ0v) is 8.34. The lowest BCUT2D eigenvalue weighted by atomic mass is 9.94. The zero-order chi connectivity index (χ0) is 9.19. The molecular formula is C10H19NO. The predicted octanol–water partition coefficient (Wildman–Crippen LogP) is 1.70. The molecule has 0 aliphatic carbocycles. The monoisotopic (exact) mass is 169 g/mol. The molecule has 0 radical (unpaired) electrons. The summed E-state index contributed by atoms with van der Waals surface area (Å²) in [4.78, 5) is 13.0. The summed E-state index contributed by atoms with van der Waals surface area (Å²) in [5.74, 6) is 0.276. The SMILES string of the molecule is CC(C)(C)N1CCCC(C=O)C1. The summed E-state index contributed by atoms with van der Waals surface area (Å²) >= 11 is 0. The molecule has 0 N–H and O–H groups in total. The largest absolute Gasteiger partial charge is 0.303 e. The molecule has 0 aromatic carbocycles. The Morgan fingerprint density at radius 1 is 1.42 bits per heavy atom. The molecular weight excluding hydrogens is 150 g/mol. The number of hydrogen-bond donors (Lipinski definition) is 0. The van der Waals surface area contributed by atoms with Crippen LogP contribution in [0.4, 0.5) is 0 Å². The van der Waals surface area contributed by atoms with Crippen molar-refractivity contribution in [3.05, 3.63) is 0 Å². The van der Waals surface area contributed by atoms with Gasteiger partial charge in [-0.05, 0) is 40.2 Å². The van der Waals surface area contributed by atoms with Gasteiger partial charge in [0.25, 0.3) is 0 Å². The maximum atomic E-state index is 10.6. The Balaban J connectivity index is 2.51. The third-order valence-corrected chi connectivity index (χ3v) is 2.60. The van der Waals surface area contributed by atoms with Gasteiger partial charge in [-0.3, -0.25) is 4.90 Å². The molecule has 2 heteroatoms. The summed E-state index contributed by atoms with van der Waals surface area (Å²) < 4.78 is 0. The maximum absolute atomic E-state index is 10.6. The molecule has 70 valence electrons. The van der Waals surface area contributed by atoms with E-state index in [2.05, 4.69) is 25.7 Å². The van der Waals surface area contributed by atoms with Crippen molar-refractivity contribution >= 4 is 6.29 Å². The van der Waals surface area contributed by atoms with Crippen LogP contribution in [-0.2, 0) is 4.79 Å². The number of hydrogen-bond acceptors (Lipinski definition) is 2. The van der Waals surface area contributed by atoms with E-state index in [1.54, 1.807) is 0 Å². The van der Waals surface area contributed by atoms with Crippen molar-refractivity contribution in [2.45, 2.75) is 39.2 Å². The average molecular weight is 169 g/mol. The Kier molecular flexibility index (Phi) is 2.89. The van der Waals surface area contributed by atoms with Gasteiger partial charge in [0.2, 0.25) is 0 Å². The molecule has 1 fully saturated rings. The fourth-order valence-corrected chi connectivity index (χ4v) is 1.73. The highest BCUT2D eigenvalue weighted by Crippen LogP contribution is 2.22. The first-order chi connectivity index (χ1) is 5.54. The van der Waals surface area contributed by atoms with Crippen molar-refractivity contribution in [3.63, 3.8) is 0 Å². The second-order valence-electron chi connectivity index (χ2n) is 4.66. The molecule has 2 nitrogen and oxygen atoms in total. The van der Waals surface area contributed by atoms with Gasteiger partial charge in [0.05, 0.1) is 0 Å². The van der Waals surface area contributed by atoms with Crippen molar-refractivity contribution < 1.29 is 4.79 Å². The topological polar surface area (TPSA) is 20.3 Å². The summed E-state index contributed by atoms with van der Waals surface area (Å²) in [6.07, 6.45) is 3.36. The Bertz CT molecular complexity index is 160. The molecule has 1 aliphatic rings. The summed E-state index contributed by atoms with van der Waals surface area (Å²) in [5.41, 5.74) is 0.224. The molecule has 1 saturated heterocycles. The van der Waals surface area contributed by atoms with E-state index in [9.17, 15) is 4.79 Å². The van der Waals surface area contributed by atoms with Crippen molar-refractivity contribution in [1.82, 2.24) is 4.90 Å². The van der Waals surface area contributed by atoms with Gasteiger partial charge in [0.1, 0.15) is 6.29 Å². The molecule has 0 saturated carbocycles. The lowest BCUT2D eigenvalue weighted by molar-refractivity contribution is -0.113. The molecule has 12 heavy (non-hydrogen) atoms. The zero-order valence-electron chi connectivity index (χ0n) is 8.34. The van der Waals surface area contributed by atoms with Crippen molar-refractivity contribution in [2.75, 3.05) is 13.1 Å². The summed E-state index contributed by atoms with van der Waals surface area (Å²) in [6.45, 7) is 8.72. The lowest BCUT2D eigenvalue weighted by Crippen LogP contribution is -2.47. The maximum Gasteiger partial charge on any atom is 0.124 e. The highest BCUT2D eigenvalue weighted by atomic mass is 16.1. The van der Waals surface area contributed by atoms with Crippen LogP contribution in [0.5, 0.6) is 0 Å². The van der Waals surface area contributed by atoms with Crippen LogP contribution in [0.1, 0.15) is 33.6 Å². The first kappa shape index (κ1) is 9.72. The standard InChI is InChI=1S/C10H19NO/c1-10(2,3)11-6-4-5-9(7-11)8-12/h8-9H,4-7H2,1-3H3. The van der Waals surface area contributed by atoms with Crippen LogP contribution in [0.3, 0.4) is 0 Å².